The molecule has 1 aromatic heterocycles. The number of carbonyl (C=O) groups is 2. The van der Waals surface area contributed by atoms with Crippen LogP contribution in [0.15, 0.2) is 4.52 Å². The highest BCUT2D eigenvalue weighted by Gasteiger charge is 2.37. The monoisotopic (exact) mass is 341 g/mol. The van der Waals surface area contributed by atoms with E-state index < -0.39 is 17.7 Å². The zero-order valence-corrected chi connectivity index (χ0v) is 15.0. The number of hydrogen-bond donors (Lipinski definition) is 1. The number of amides is 2. The number of rotatable bonds is 3. The number of nitrogens with one attached hydrogen (secondary N) is 1. The topological polar surface area (TPSA) is 84.7 Å². The summed E-state index contributed by atoms with van der Waals surface area (Å²) in [4.78, 5) is 26.1. The van der Waals surface area contributed by atoms with Crippen LogP contribution in [0.25, 0.3) is 0 Å². The molecule has 1 fully saturated rings. The van der Waals surface area contributed by atoms with Gasteiger partial charge in [-0.05, 0) is 34.6 Å². The van der Waals surface area contributed by atoms with Crippen molar-refractivity contribution in [1.82, 2.24) is 15.4 Å². The van der Waals surface area contributed by atoms with Gasteiger partial charge in [0.25, 0.3) is 0 Å². The number of nitrogens with zero attached hydrogens (tertiary/aromatic N) is 2. The molecule has 0 radical (unpaired) electrons. The van der Waals surface area contributed by atoms with Crippen molar-refractivity contribution >= 4 is 23.8 Å². The lowest BCUT2D eigenvalue weighted by atomic mass is 10.2. The Balaban J connectivity index is 1.97. The lowest BCUT2D eigenvalue weighted by Gasteiger charge is -2.27. The highest BCUT2D eigenvalue weighted by Crippen LogP contribution is 2.24. The number of aryl methyl sites for hydroxylation is 2. The molecule has 1 aliphatic rings. The zero-order valence-electron chi connectivity index (χ0n) is 14.1. The first kappa shape index (κ1) is 17.7. The SMILES string of the molecule is Cc1noc(C)c1CNC(=O)[C@@H]1CSCN1C(=O)OC(C)(C)C. The van der Waals surface area contributed by atoms with Crippen molar-refractivity contribution < 1.29 is 18.8 Å². The normalized spacial score (nSPS) is 18.1. The molecule has 2 rings (SSSR count). The van der Waals surface area contributed by atoms with Crippen LogP contribution < -0.4 is 5.32 Å². The molecule has 7 nitrogen and oxygen atoms in total. The molecular weight excluding hydrogens is 318 g/mol. The van der Waals surface area contributed by atoms with E-state index in [0.717, 1.165) is 11.3 Å². The van der Waals surface area contributed by atoms with Gasteiger partial charge in [-0.25, -0.2) is 4.79 Å². The van der Waals surface area contributed by atoms with Crippen LogP contribution in [-0.2, 0) is 16.1 Å². The average Bonchev–Trinajstić information content (AvgIpc) is 3.03. The molecule has 1 N–H and O–H groups in total. The molecule has 0 bridgehead atoms. The van der Waals surface area contributed by atoms with E-state index in [1.165, 1.54) is 16.7 Å². The quantitative estimate of drug-likeness (QED) is 0.907. The molecule has 2 heterocycles. The van der Waals surface area contributed by atoms with Gasteiger partial charge in [0.15, 0.2) is 0 Å². The number of hydrogen-bond acceptors (Lipinski definition) is 6. The van der Waals surface area contributed by atoms with Gasteiger partial charge >= 0.3 is 6.09 Å². The van der Waals surface area contributed by atoms with E-state index in [-0.39, 0.29) is 5.91 Å². The minimum absolute atomic E-state index is 0.194. The number of thioether (sulfide) groups is 1. The third-order valence-corrected chi connectivity index (χ3v) is 4.45. The molecule has 0 aliphatic carbocycles. The first-order valence-corrected chi connectivity index (χ1v) is 8.61. The maximum absolute atomic E-state index is 12.4. The summed E-state index contributed by atoms with van der Waals surface area (Å²) in [5.41, 5.74) is 1.04. The highest BCUT2D eigenvalue weighted by atomic mass is 32.2. The molecular formula is C15H23N3O4S. The van der Waals surface area contributed by atoms with Crippen LogP contribution in [-0.4, -0.2) is 45.3 Å². The Kier molecular flexibility index (Phi) is 5.23. The lowest BCUT2D eigenvalue weighted by molar-refractivity contribution is -0.125. The second-order valence-electron chi connectivity index (χ2n) is 6.49. The van der Waals surface area contributed by atoms with Crippen LogP contribution in [0.3, 0.4) is 0 Å². The summed E-state index contributed by atoms with van der Waals surface area (Å²) in [7, 11) is 0. The summed E-state index contributed by atoms with van der Waals surface area (Å²) in [5.74, 6) is 1.51. The van der Waals surface area contributed by atoms with E-state index >= 15 is 0 Å². The first-order chi connectivity index (χ1) is 10.7. The maximum Gasteiger partial charge on any atom is 0.411 e. The smallest absolute Gasteiger partial charge is 0.411 e. The van der Waals surface area contributed by atoms with Crippen molar-refractivity contribution in [1.29, 1.82) is 0 Å². The lowest BCUT2D eigenvalue weighted by Crippen LogP contribution is -2.48. The van der Waals surface area contributed by atoms with E-state index in [1.54, 1.807) is 27.7 Å². The van der Waals surface area contributed by atoms with Crippen LogP contribution in [0.5, 0.6) is 0 Å². The molecule has 0 aromatic carbocycles. The van der Waals surface area contributed by atoms with Gasteiger partial charge < -0.3 is 14.6 Å². The Morgan fingerprint density at radius 1 is 1.43 bits per heavy atom. The summed E-state index contributed by atoms with van der Waals surface area (Å²) < 4.78 is 10.4. The Morgan fingerprint density at radius 2 is 2.13 bits per heavy atom. The number of carbonyl (C=O) groups excluding carboxylic acids is 2. The van der Waals surface area contributed by atoms with Gasteiger partial charge in [-0.3, -0.25) is 9.69 Å². The minimum Gasteiger partial charge on any atom is -0.444 e. The van der Waals surface area contributed by atoms with E-state index in [4.69, 9.17) is 9.26 Å². The van der Waals surface area contributed by atoms with Crippen molar-refractivity contribution in [3.63, 3.8) is 0 Å². The van der Waals surface area contributed by atoms with Crippen molar-refractivity contribution in [2.75, 3.05) is 11.6 Å². The van der Waals surface area contributed by atoms with Crippen molar-refractivity contribution in [2.24, 2.45) is 0 Å². The van der Waals surface area contributed by atoms with Gasteiger partial charge in [0.1, 0.15) is 17.4 Å². The molecule has 8 heteroatoms. The van der Waals surface area contributed by atoms with Gasteiger partial charge in [-0.15, -0.1) is 11.8 Å². The molecule has 23 heavy (non-hydrogen) atoms. The molecule has 0 saturated carbocycles. The molecule has 1 aliphatic heterocycles. The molecule has 1 aromatic rings. The van der Waals surface area contributed by atoms with E-state index in [2.05, 4.69) is 10.5 Å². The highest BCUT2D eigenvalue weighted by molar-refractivity contribution is 7.99. The Morgan fingerprint density at radius 3 is 2.70 bits per heavy atom. The van der Waals surface area contributed by atoms with Gasteiger partial charge in [0.05, 0.1) is 11.6 Å². The van der Waals surface area contributed by atoms with Crippen LogP contribution in [0.4, 0.5) is 4.79 Å². The van der Waals surface area contributed by atoms with Gasteiger partial charge in [0.2, 0.25) is 5.91 Å². The third-order valence-electron chi connectivity index (χ3n) is 3.43. The van der Waals surface area contributed by atoms with Crippen molar-refractivity contribution in [3.05, 3.63) is 17.0 Å². The van der Waals surface area contributed by atoms with Crippen molar-refractivity contribution in [2.45, 2.75) is 52.8 Å². The fraction of sp³-hybridized carbons (Fsp3) is 0.667. The fourth-order valence-electron chi connectivity index (χ4n) is 2.21. The van der Waals surface area contributed by atoms with Crippen LogP contribution in [0.1, 0.15) is 37.8 Å². The summed E-state index contributed by atoms with van der Waals surface area (Å²) in [6.07, 6.45) is -0.458. The standard InChI is InChI=1S/C15H23N3O4S/c1-9-11(10(2)22-17-9)6-16-13(19)12-7-23-8-18(12)14(20)21-15(3,4)5/h12H,6-8H2,1-5H3,(H,16,19)/t12-/m0/s1. The van der Waals surface area contributed by atoms with E-state index in [9.17, 15) is 9.59 Å². The second-order valence-corrected chi connectivity index (χ2v) is 7.49. The Hall–Kier alpha value is -1.70. The number of aromatic nitrogens is 1. The molecule has 2 amide bonds. The molecule has 128 valence electrons. The van der Waals surface area contributed by atoms with E-state index in [0.29, 0.717) is 23.9 Å². The number of ether oxygens (including phenoxy) is 1. The van der Waals surface area contributed by atoms with Gasteiger partial charge in [-0.2, -0.15) is 0 Å². The Labute approximate surface area is 140 Å². The van der Waals surface area contributed by atoms with Crippen LogP contribution in [0, 0.1) is 13.8 Å². The first-order valence-electron chi connectivity index (χ1n) is 7.46. The van der Waals surface area contributed by atoms with E-state index in [1.807, 2.05) is 6.92 Å². The predicted octanol–water partition coefficient (Wildman–Crippen LogP) is 2.22. The van der Waals surface area contributed by atoms with Crippen LogP contribution in [0.2, 0.25) is 0 Å². The third kappa shape index (κ3) is 4.40. The summed E-state index contributed by atoms with van der Waals surface area (Å²) >= 11 is 1.54. The molecule has 1 saturated heterocycles. The zero-order chi connectivity index (χ0) is 17.2. The average molecular weight is 341 g/mol. The molecule has 0 spiro atoms. The fourth-order valence-corrected chi connectivity index (χ4v) is 3.35. The van der Waals surface area contributed by atoms with Gasteiger partial charge in [0, 0.05) is 17.9 Å². The summed E-state index contributed by atoms with van der Waals surface area (Å²) in [5, 5.41) is 6.71. The van der Waals surface area contributed by atoms with Crippen molar-refractivity contribution in [3.8, 4) is 0 Å². The Bertz CT molecular complexity index is 575. The maximum atomic E-state index is 12.4. The second kappa shape index (κ2) is 6.82. The summed E-state index contributed by atoms with van der Waals surface area (Å²) in [6.45, 7) is 9.39. The largest absolute Gasteiger partial charge is 0.444 e. The minimum atomic E-state index is -0.581. The van der Waals surface area contributed by atoms with Crippen LogP contribution >= 0.6 is 11.8 Å². The predicted molar refractivity (Wildman–Crippen MR) is 87.0 cm³/mol. The van der Waals surface area contributed by atoms with Gasteiger partial charge in [-0.1, -0.05) is 5.16 Å². The molecule has 0 unspecified atom stereocenters. The molecule has 1 atom stereocenters. The summed E-state index contributed by atoms with van der Waals surface area (Å²) in [6, 6.07) is -0.518.